The first-order valence-electron chi connectivity index (χ1n) is 6.62. The Labute approximate surface area is 118 Å². The van der Waals surface area contributed by atoms with Crippen molar-refractivity contribution in [2.75, 3.05) is 6.61 Å². The Bertz CT molecular complexity index is 459. The molecule has 0 heterocycles. The van der Waals surface area contributed by atoms with Crippen molar-refractivity contribution in [3.05, 3.63) is 23.8 Å². The fourth-order valence-electron chi connectivity index (χ4n) is 2.45. The van der Waals surface area contributed by atoms with E-state index < -0.39 is 17.5 Å². The quantitative estimate of drug-likeness (QED) is 0.720. The van der Waals surface area contributed by atoms with Gasteiger partial charge in [-0.2, -0.15) is 0 Å². The summed E-state index contributed by atoms with van der Waals surface area (Å²) in [5, 5.41) is 29.8. The molecule has 5 heteroatoms. The van der Waals surface area contributed by atoms with Crippen molar-refractivity contribution in [1.82, 2.24) is 0 Å². The molecular formula is C15H22O5. The molecule has 1 rings (SSSR count). The van der Waals surface area contributed by atoms with E-state index in [1.54, 1.807) is 20.8 Å². The van der Waals surface area contributed by atoms with Crippen LogP contribution in [0.1, 0.15) is 33.3 Å². The number of rotatable bonds is 5. The Kier molecular flexibility index (Phi) is 5.00. The Morgan fingerprint density at radius 1 is 1.25 bits per heavy atom. The second-order valence-electron chi connectivity index (χ2n) is 5.36. The molecule has 3 N–H and O–H groups in total. The topological polar surface area (TPSA) is 87.0 Å². The van der Waals surface area contributed by atoms with Crippen LogP contribution < -0.4 is 0 Å². The van der Waals surface area contributed by atoms with Gasteiger partial charge in [0, 0.05) is 6.07 Å². The number of hydrogen-bond donors (Lipinski definition) is 3. The van der Waals surface area contributed by atoms with Gasteiger partial charge in [0.25, 0.3) is 0 Å². The van der Waals surface area contributed by atoms with Crippen molar-refractivity contribution in [1.29, 1.82) is 0 Å². The van der Waals surface area contributed by atoms with Crippen LogP contribution in [0.4, 0.5) is 0 Å². The molecule has 0 aliphatic carbocycles. The molecule has 0 amide bonds. The van der Waals surface area contributed by atoms with E-state index in [1.807, 2.05) is 0 Å². The number of aliphatic hydroxyl groups is 1. The van der Waals surface area contributed by atoms with Crippen LogP contribution in [0.15, 0.2) is 18.2 Å². The fourth-order valence-corrected chi connectivity index (χ4v) is 2.45. The third-order valence-electron chi connectivity index (χ3n) is 3.30. The summed E-state index contributed by atoms with van der Waals surface area (Å²) >= 11 is 0. The van der Waals surface area contributed by atoms with E-state index >= 15 is 0 Å². The largest absolute Gasteiger partial charge is 0.508 e. The zero-order valence-corrected chi connectivity index (χ0v) is 12.3. The third kappa shape index (κ3) is 3.42. The van der Waals surface area contributed by atoms with E-state index in [0.717, 1.165) is 6.07 Å². The number of carbonyl (C=O) groups excluding carboxylic acids is 1. The molecule has 2 atom stereocenters. The van der Waals surface area contributed by atoms with Gasteiger partial charge in [-0.25, -0.2) is 0 Å². The summed E-state index contributed by atoms with van der Waals surface area (Å²) in [6.45, 7) is 7.01. The summed E-state index contributed by atoms with van der Waals surface area (Å²) < 4.78 is 5.01. The smallest absolute Gasteiger partial charge is 0.312 e. The lowest BCUT2D eigenvalue weighted by Gasteiger charge is -2.34. The van der Waals surface area contributed by atoms with Crippen LogP contribution in [0.2, 0.25) is 0 Å². The lowest BCUT2D eigenvalue weighted by atomic mass is 9.76. The van der Waals surface area contributed by atoms with Crippen LogP contribution in [0.3, 0.4) is 0 Å². The Hall–Kier alpha value is -1.75. The number of hydrogen-bond acceptors (Lipinski definition) is 5. The molecule has 112 valence electrons. The number of ether oxygens (including phenoxy) is 1. The normalized spacial score (nSPS) is 15.7. The SMILES string of the molecule is CCOC(=O)C(C(C)C)C(C)(O)c1cc(O)cc(O)c1. The van der Waals surface area contributed by atoms with Crippen molar-refractivity contribution in [2.24, 2.45) is 11.8 Å². The average Bonchev–Trinajstić information content (AvgIpc) is 2.26. The van der Waals surface area contributed by atoms with Crippen molar-refractivity contribution < 1.29 is 24.9 Å². The van der Waals surface area contributed by atoms with Gasteiger partial charge in [-0.15, -0.1) is 0 Å². The molecule has 0 aliphatic heterocycles. The first-order chi connectivity index (χ1) is 9.20. The average molecular weight is 282 g/mol. The maximum atomic E-state index is 12.1. The van der Waals surface area contributed by atoms with Gasteiger partial charge in [0.1, 0.15) is 17.1 Å². The highest BCUT2D eigenvalue weighted by Crippen LogP contribution is 2.38. The van der Waals surface area contributed by atoms with Crippen LogP contribution in [0.25, 0.3) is 0 Å². The lowest BCUT2D eigenvalue weighted by Crippen LogP contribution is -2.41. The molecule has 1 aromatic rings. The summed E-state index contributed by atoms with van der Waals surface area (Å²) in [6.07, 6.45) is 0. The zero-order valence-electron chi connectivity index (χ0n) is 12.3. The molecule has 0 radical (unpaired) electrons. The Morgan fingerprint density at radius 3 is 2.15 bits per heavy atom. The maximum Gasteiger partial charge on any atom is 0.312 e. The molecule has 0 bridgehead atoms. The van der Waals surface area contributed by atoms with Crippen molar-refractivity contribution in [3.8, 4) is 11.5 Å². The zero-order chi connectivity index (χ0) is 15.5. The summed E-state index contributed by atoms with van der Waals surface area (Å²) in [7, 11) is 0. The number of esters is 1. The number of benzene rings is 1. The number of phenols is 2. The maximum absolute atomic E-state index is 12.1. The van der Waals surface area contributed by atoms with Gasteiger partial charge in [-0.3, -0.25) is 4.79 Å². The fraction of sp³-hybridized carbons (Fsp3) is 0.533. The molecular weight excluding hydrogens is 260 g/mol. The second-order valence-corrected chi connectivity index (χ2v) is 5.36. The van der Waals surface area contributed by atoms with Crippen LogP contribution >= 0.6 is 0 Å². The van der Waals surface area contributed by atoms with Gasteiger partial charge < -0.3 is 20.1 Å². The lowest BCUT2D eigenvalue weighted by molar-refractivity contribution is -0.161. The highest BCUT2D eigenvalue weighted by Gasteiger charge is 2.42. The van der Waals surface area contributed by atoms with Crippen molar-refractivity contribution in [3.63, 3.8) is 0 Å². The molecule has 0 spiro atoms. The third-order valence-corrected chi connectivity index (χ3v) is 3.30. The summed E-state index contributed by atoms with van der Waals surface area (Å²) in [5.41, 5.74) is -1.29. The molecule has 2 unspecified atom stereocenters. The Morgan fingerprint density at radius 2 is 1.75 bits per heavy atom. The van der Waals surface area contributed by atoms with E-state index in [2.05, 4.69) is 0 Å². The second kappa shape index (κ2) is 6.13. The van der Waals surface area contributed by atoms with Gasteiger partial charge in [0.15, 0.2) is 0 Å². The monoisotopic (exact) mass is 282 g/mol. The van der Waals surface area contributed by atoms with E-state index in [-0.39, 0.29) is 29.6 Å². The standard InChI is InChI=1S/C15H22O5/c1-5-20-14(18)13(9(2)3)15(4,19)10-6-11(16)8-12(17)7-10/h6-9,13,16-17,19H,5H2,1-4H3. The van der Waals surface area contributed by atoms with Crippen molar-refractivity contribution in [2.45, 2.75) is 33.3 Å². The highest BCUT2D eigenvalue weighted by atomic mass is 16.5. The first-order valence-corrected chi connectivity index (χ1v) is 6.62. The number of carbonyl (C=O) groups is 1. The molecule has 20 heavy (non-hydrogen) atoms. The molecule has 0 aliphatic rings. The van der Waals surface area contributed by atoms with Gasteiger partial charge in [-0.1, -0.05) is 13.8 Å². The van der Waals surface area contributed by atoms with E-state index in [9.17, 15) is 20.1 Å². The van der Waals surface area contributed by atoms with Gasteiger partial charge in [-0.05, 0) is 37.5 Å². The van der Waals surface area contributed by atoms with Crippen LogP contribution in [-0.2, 0) is 15.1 Å². The molecule has 0 aromatic heterocycles. The van der Waals surface area contributed by atoms with Gasteiger partial charge in [0.05, 0.1) is 12.5 Å². The highest BCUT2D eigenvalue weighted by molar-refractivity contribution is 5.74. The minimum atomic E-state index is -1.56. The molecule has 0 saturated heterocycles. The minimum absolute atomic E-state index is 0.173. The molecule has 0 fully saturated rings. The van der Waals surface area contributed by atoms with E-state index in [0.29, 0.717) is 0 Å². The van der Waals surface area contributed by atoms with Crippen LogP contribution in [0, 0.1) is 11.8 Å². The minimum Gasteiger partial charge on any atom is -0.508 e. The van der Waals surface area contributed by atoms with E-state index in [4.69, 9.17) is 4.74 Å². The van der Waals surface area contributed by atoms with E-state index in [1.165, 1.54) is 19.1 Å². The van der Waals surface area contributed by atoms with Gasteiger partial charge in [0.2, 0.25) is 0 Å². The predicted octanol–water partition coefficient (Wildman–Crippen LogP) is 2.14. The van der Waals surface area contributed by atoms with Crippen molar-refractivity contribution >= 4 is 5.97 Å². The molecule has 5 nitrogen and oxygen atoms in total. The summed E-state index contributed by atoms with van der Waals surface area (Å²) in [4.78, 5) is 12.1. The van der Waals surface area contributed by atoms with Crippen LogP contribution in [0.5, 0.6) is 11.5 Å². The number of phenolic OH excluding ortho intramolecular Hbond substituents is 2. The van der Waals surface area contributed by atoms with Gasteiger partial charge >= 0.3 is 5.97 Å². The molecule has 1 aromatic carbocycles. The van der Waals surface area contributed by atoms with Crippen LogP contribution in [-0.4, -0.2) is 27.9 Å². The first kappa shape index (κ1) is 16.3. The summed E-state index contributed by atoms with van der Waals surface area (Å²) in [5.74, 6) is -1.83. The Balaban J connectivity index is 3.25. The number of aromatic hydroxyl groups is 2. The predicted molar refractivity (Wildman–Crippen MR) is 74.3 cm³/mol. The summed E-state index contributed by atoms with van der Waals surface area (Å²) in [6, 6.07) is 3.82. The molecule has 0 saturated carbocycles.